The molecule has 0 unspecified atom stereocenters. The van der Waals surface area contributed by atoms with Crippen LogP contribution in [-0.2, 0) is 0 Å². The van der Waals surface area contributed by atoms with E-state index < -0.39 is 46.2 Å². The third-order valence-corrected chi connectivity index (χ3v) is 3.80. The molecular weight excluding hydrogens is 330 g/mol. The van der Waals surface area contributed by atoms with Gasteiger partial charge in [-0.05, 0) is 37.1 Å². The number of phenols is 1. The predicted molar refractivity (Wildman–Crippen MR) is 75.0 cm³/mol. The van der Waals surface area contributed by atoms with Gasteiger partial charge in [-0.15, -0.1) is 0 Å². The topological polar surface area (TPSA) is 57.6 Å². The molecule has 124 valence electrons. The molecule has 0 aromatic heterocycles. The standard InChI is InChI=1S/C16H9F4NO3/c1-5-3-7(22)4-6(2)14(5)21-15(23)8-9(16(21)24)11(18)13(20)12(19)10(8)17/h3-4,22H,1-2H3. The zero-order valence-corrected chi connectivity index (χ0v) is 12.4. The SMILES string of the molecule is Cc1cc(O)cc(C)c1N1C(=O)c2c(F)c(F)c(F)c(F)c2C1=O. The lowest BCUT2D eigenvalue weighted by molar-refractivity contribution is 0.0923. The quantitative estimate of drug-likeness (QED) is 0.375. The van der Waals surface area contributed by atoms with Gasteiger partial charge >= 0.3 is 0 Å². The number of nitrogens with zero attached hydrogens (tertiary/aromatic N) is 1. The van der Waals surface area contributed by atoms with Gasteiger partial charge in [-0.25, -0.2) is 22.5 Å². The number of halogens is 4. The van der Waals surface area contributed by atoms with Gasteiger partial charge in [0.15, 0.2) is 23.3 Å². The van der Waals surface area contributed by atoms with Crippen LogP contribution in [-0.4, -0.2) is 16.9 Å². The summed E-state index contributed by atoms with van der Waals surface area (Å²) >= 11 is 0. The highest BCUT2D eigenvalue weighted by Gasteiger charge is 2.45. The van der Waals surface area contributed by atoms with E-state index >= 15 is 0 Å². The first-order valence-electron chi connectivity index (χ1n) is 6.71. The Labute approximate surface area is 132 Å². The van der Waals surface area contributed by atoms with E-state index in [1.807, 2.05) is 0 Å². The molecule has 24 heavy (non-hydrogen) atoms. The van der Waals surface area contributed by atoms with Gasteiger partial charge in [0.25, 0.3) is 11.8 Å². The van der Waals surface area contributed by atoms with E-state index in [1.54, 1.807) is 0 Å². The van der Waals surface area contributed by atoms with Crippen molar-refractivity contribution in [2.45, 2.75) is 13.8 Å². The monoisotopic (exact) mass is 339 g/mol. The predicted octanol–water partition coefficient (Wildman–Crippen LogP) is 3.37. The van der Waals surface area contributed by atoms with Gasteiger partial charge in [-0.1, -0.05) is 0 Å². The van der Waals surface area contributed by atoms with Crippen LogP contribution in [0.5, 0.6) is 5.75 Å². The lowest BCUT2D eigenvalue weighted by Gasteiger charge is -2.19. The van der Waals surface area contributed by atoms with Gasteiger partial charge in [-0.2, -0.15) is 0 Å². The van der Waals surface area contributed by atoms with Crippen LogP contribution < -0.4 is 4.90 Å². The molecule has 1 heterocycles. The average Bonchev–Trinajstić information content (AvgIpc) is 2.75. The summed E-state index contributed by atoms with van der Waals surface area (Å²) in [5.41, 5.74) is -1.78. The van der Waals surface area contributed by atoms with Crippen LogP contribution >= 0.6 is 0 Å². The number of carbonyl (C=O) groups is 2. The molecule has 2 amide bonds. The van der Waals surface area contributed by atoms with Crippen molar-refractivity contribution < 1.29 is 32.3 Å². The minimum atomic E-state index is -2.16. The minimum Gasteiger partial charge on any atom is -0.508 e. The number of imide groups is 1. The third kappa shape index (κ3) is 1.92. The lowest BCUT2D eigenvalue weighted by Crippen LogP contribution is -2.31. The molecule has 2 aromatic rings. The number of hydrogen-bond acceptors (Lipinski definition) is 3. The molecule has 1 aliphatic rings. The van der Waals surface area contributed by atoms with E-state index in [-0.39, 0.29) is 22.6 Å². The Bertz CT molecular complexity index is 870. The van der Waals surface area contributed by atoms with Crippen molar-refractivity contribution in [1.82, 2.24) is 0 Å². The molecule has 2 aromatic carbocycles. The Morgan fingerprint density at radius 1 is 0.792 bits per heavy atom. The second-order valence-electron chi connectivity index (χ2n) is 5.38. The van der Waals surface area contributed by atoms with Crippen LogP contribution in [0, 0.1) is 37.1 Å². The largest absolute Gasteiger partial charge is 0.508 e. The van der Waals surface area contributed by atoms with Crippen molar-refractivity contribution in [3.63, 3.8) is 0 Å². The van der Waals surface area contributed by atoms with Crippen molar-refractivity contribution in [2.75, 3.05) is 4.90 Å². The summed E-state index contributed by atoms with van der Waals surface area (Å²) in [7, 11) is 0. The van der Waals surface area contributed by atoms with Crippen molar-refractivity contribution in [3.8, 4) is 5.75 Å². The minimum absolute atomic E-state index is 0.0152. The van der Waals surface area contributed by atoms with E-state index in [4.69, 9.17) is 0 Å². The highest BCUT2D eigenvalue weighted by Crippen LogP contribution is 2.38. The maximum Gasteiger partial charge on any atom is 0.269 e. The number of fused-ring (bicyclic) bond motifs is 1. The molecule has 0 saturated heterocycles. The summed E-state index contributed by atoms with van der Waals surface area (Å²) in [6.45, 7) is 2.92. The number of rotatable bonds is 1. The number of carbonyl (C=O) groups excluding carboxylic acids is 2. The Balaban J connectivity index is 2.30. The van der Waals surface area contributed by atoms with Crippen LogP contribution in [0.3, 0.4) is 0 Å². The van der Waals surface area contributed by atoms with Crippen LogP contribution in [0.2, 0.25) is 0 Å². The second kappa shape index (κ2) is 5.05. The summed E-state index contributed by atoms with van der Waals surface area (Å²) in [6, 6.07) is 2.47. The molecule has 1 N–H and O–H groups in total. The van der Waals surface area contributed by atoms with Gasteiger partial charge in [0.05, 0.1) is 16.8 Å². The van der Waals surface area contributed by atoms with Gasteiger partial charge in [-0.3, -0.25) is 9.59 Å². The summed E-state index contributed by atoms with van der Waals surface area (Å²) in [6.07, 6.45) is 0. The molecule has 0 saturated carbocycles. The fourth-order valence-corrected chi connectivity index (χ4v) is 2.84. The number of phenolic OH excluding ortho intramolecular Hbond substituents is 1. The van der Waals surface area contributed by atoms with Gasteiger partial charge in [0.2, 0.25) is 0 Å². The first-order chi connectivity index (χ1) is 11.2. The van der Waals surface area contributed by atoms with Gasteiger partial charge in [0, 0.05) is 0 Å². The summed E-state index contributed by atoms with van der Waals surface area (Å²) in [5, 5.41) is 9.52. The average molecular weight is 339 g/mol. The molecule has 1 aliphatic heterocycles. The summed E-state index contributed by atoms with van der Waals surface area (Å²) in [4.78, 5) is 25.2. The van der Waals surface area contributed by atoms with Crippen LogP contribution in [0.4, 0.5) is 23.2 Å². The molecule has 0 atom stereocenters. The van der Waals surface area contributed by atoms with E-state index in [1.165, 1.54) is 26.0 Å². The molecule has 3 rings (SSSR count). The van der Waals surface area contributed by atoms with Crippen molar-refractivity contribution >= 4 is 17.5 Å². The lowest BCUT2D eigenvalue weighted by atomic mass is 10.1. The van der Waals surface area contributed by atoms with Crippen LogP contribution in [0.1, 0.15) is 31.8 Å². The highest BCUT2D eigenvalue weighted by molar-refractivity contribution is 6.35. The molecule has 0 bridgehead atoms. The molecule has 4 nitrogen and oxygen atoms in total. The smallest absolute Gasteiger partial charge is 0.269 e. The zero-order chi connectivity index (χ0) is 17.9. The van der Waals surface area contributed by atoms with Crippen molar-refractivity contribution in [2.24, 2.45) is 0 Å². The Kier molecular flexibility index (Phi) is 3.36. The summed E-state index contributed by atoms with van der Waals surface area (Å²) < 4.78 is 54.6. The first-order valence-corrected chi connectivity index (χ1v) is 6.71. The van der Waals surface area contributed by atoms with E-state index in [0.29, 0.717) is 4.90 Å². The maximum absolute atomic E-state index is 13.9. The van der Waals surface area contributed by atoms with Gasteiger partial charge in [0.1, 0.15) is 5.75 Å². The summed E-state index contributed by atoms with van der Waals surface area (Å²) in [5.74, 6) is -10.9. The number of amides is 2. The van der Waals surface area contributed by atoms with E-state index in [9.17, 15) is 32.3 Å². The fraction of sp³-hybridized carbons (Fsp3) is 0.125. The molecular formula is C16H9F4NO3. The molecule has 8 heteroatoms. The Hall–Kier alpha value is -2.90. The van der Waals surface area contributed by atoms with Crippen molar-refractivity contribution in [3.05, 3.63) is 57.7 Å². The number of anilines is 1. The van der Waals surface area contributed by atoms with E-state index in [2.05, 4.69) is 0 Å². The van der Waals surface area contributed by atoms with E-state index in [0.717, 1.165) is 0 Å². The van der Waals surface area contributed by atoms with Gasteiger partial charge < -0.3 is 5.11 Å². The highest BCUT2D eigenvalue weighted by atomic mass is 19.2. The number of hydrogen-bond donors (Lipinski definition) is 1. The normalized spacial score (nSPS) is 13.7. The van der Waals surface area contributed by atoms with Crippen LogP contribution in [0.25, 0.3) is 0 Å². The molecule has 0 aliphatic carbocycles. The zero-order valence-electron chi connectivity index (χ0n) is 12.4. The number of aromatic hydroxyl groups is 1. The maximum atomic E-state index is 13.9. The molecule has 0 spiro atoms. The number of benzene rings is 2. The molecule has 0 fully saturated rings. The number of aryl methyl sites for hydroxylation is 2. The fourth-order valence-electron chi connectivity index (χ4n) is 2.84. The van der Waals surface area contributed by atoms with Crippen LogP contribution in [0.15, 0.2) is 12.1 Å². The Morgan fingerprint density at radius 3 is 1.54 bits per heavy atom. The second-order valence-corrected chi connectivity index (χ2v) is 5.38. The van der Waals surface area contributed by atoms with Crippen molar-refractivity contribution in [1.29, 1.82) is 0 Å². The Morgan fingerprint density at radius 2 is 1.17 bits per heavy atom. The first kappa shape index (κ1) is 16.0. The third-order valence-electron chi connectivity index (χ3n) is 3.80. The molecule has 0 radical (unpaired) electrons.